The van der Waals surface area contributed by atoms with Crippen molar-refractivity contribution in [2.45, 2.75) is 31.7 Å². The Kier molecular flexibility index (Phi) is 5.50. The van der Waals surface area contributed by atoms with E-state index < -0.39 is 5.92 Å². The number of hydrogen-bond acceptors (Lipinski definition) is 7. The molecule has 1 fully saturated rings. The van der Waals surface area contributed by atoms with Crippen LogP contribution in [0, 0.1) is 11.8 Å². The molecule has 1 aromatic carbocycles. The number of fused-ring (bicyclic) bond motifs is 5. The van der Waals surface area contributed by atoms with E-state index >= 15 is 0 Å². The second kappa shape index (κ2) is 8.83. The molecular weight excluding hydrogens is 448 g/mol. The molecule has 3 aliphatic heterocycles. The van der Waals surface area contributed by atoms with Crippen LogP contribution in [-0.4, -0.2) is 44.9 Å². The smallest absolute Gasteiger partial charge is 0.250 e. The first-order valence-electron chi connectivity index (χ1n) is 11.8. The summed E-state index contributed by atoms with van der Waals surface area (Å²) in [6.45, 7) is 1.42. The maximum atomic E-state index is 13.7. The zero-order valence-corrected chi connectivity index (χ0v) is 19.0. The lowest BCUT2D eigenvalue weighted by molar-refractivity contribution is -0.127. The molecule has 5 heterocycles. The minimum atomic E-state index is -0.503. The van der Waals surface area contributed by atoms with Gasteiger partial charge in [0.05, 0.1) is 12.0 Å². The maximum absolute atomic E-state index is 13.7. The summed E-state index contributed by atoms with van der Waals surface area (Å²) in [4.78, 5) is 32.7. The summed E-state index contributed by atoms with van der Waals surface area (Å²) in [5, 5.41) is 13.5. The van der Waals surface area contributed by atoms with Gasteiger partial charge in [-0.2, -0.15) is 0 Å². The second-order valence-electron chi connectivity index (χ2n) is 9.22. The first-order valence-corrected chi connectivity index (χ1v) is 11.8. The second-order valence-corrected chi connectivity index (χ2v) is 9.22. The number of nitrogens with one attached hydrogen (secondary N) is 1. The van der Waals surface area contributed by atoms with Crippen molar-refractivity contribution in [3.8, 4) is 11.5 Å². The molecule has 0 unspecified atom stereocenters. The number of carbonyl (C=O) groups is 1. The van der Waals surface area contributed by atoms with Crippen LogP contribution in [0.4, 0.5) is 0 Å². The summed E-state index contributed by atoms with van der Waals surface area (Å²) in [5.41, 5.74) is 2.69. The number of aliphatic hydroxyl groups excluding tert-OH is 1. The van der Waals surface area contributed by atoms with Crippen molar-refractivity contribution >= 4 is 5.91 Å². The van der Waals surface area contributed by atoms with Gasteiger partial charge in [0.1, 0.15) is 0 Å². The third-order valence-corrected chi connectivity index (χ3v) is 7.37. The predicted molar refractivity (Wildman–Crippen MR) is 125 cm³/mol. The molecular formula is C26H26N4O5. The van der Waals surface area contributed by atoms with E-state index in [1.807, 2.05) is 36.4 Å². The molecule has 6 rings (SSSR count). The van der Waals surface area contributed by atoms with Crippen LogP contribution >= 0.6 is 0 Å². The van der Waals surface area contributed by atoms with Crippen LogP contribution in [0.2, 0.25) is 0 Å². The fourth-order valence-corrected chi connectivity index (χ4v) is 5.75. The molecule has 9 nitrogen and oxygen atoms in total. The Hall–Kier alpha value is -3.69. The minimum Gasteiger partial charge on any atom is -0.454 e. The Morgan fingerprint density at radius 2 is 1.91 bits per heavy atom. The molecule has 2 N–H and O–H groups in total. The van der Waals surface area contributed by atoms with Gasteiger partial charge in [0.15, 0.2) is 11.5 Å². The number of ether oxygens (including phenoxy) is 2. The van der Waals surface area contributed by atoms with E-state index in [4.69, 9.17) is 9.47 Å². The molecule has 2 bridgehead atoms. The number of hydrogen-bond donors (Lipinski definition) is 2. The van der Waals surface area contributed by atoms with Crippen molar-refractivity contribution in [2.75, 3.05) is 13.4 Å². The van der Waals surface area contributed by atoms with Gasteiger partial charge in [-0.15, -0.1) is 0 Å². The molecule has 0 spiro atoms. The normalized spacial score (nSPS) is 24.3. The van der Waals surface area contributed by atoms with E-state index in [9.17, 15) is 14.7 Å². The molecule has 0 saturated carbocycles. The quantitative estimate of drug-likeness (QED) is 0.557. The zero-order valence-electron chi connectivity index (χ0n) is 19.0. The number of amides is 1. The fraction of sp³-hybridized carbons (Fsp3) is 0.346. The van der Waals surface area contributed by atoms with Crippen LogP contribution in [0.5, 0.6) is 11.5 Å². The van der Waals surface area contributed by atoms with Crippen LogP contribution in [-0.2, 0) is 24.4 Å². The molecule has 9 heteroatoms. The first-order chi connectivity index (χ1) is 17.1. The Morgan fingerprint density at radius 3 is 2.74 bits per heavy atom. The van der Waals surface area contributed by atoms with E-state index in [1.165, 1.54) is 0 Å². The summed E-state index contributed by atoms with van der Waals surface area (Å²) in [6, 6.07) is 14.2. The van der Waals surface area contributed by atoms with Gasteiger partial charge in [0, 0.05) is 62.4 Å². The summed E-state index contributed by atoms with van der Waals surface area (Å²) in [5.74, 6) is 0.408. The van der Waals surface area contributed by atoms with E-state index in [2.05, 4.69) is 15.2 Å². The summed E-state index contributed by atoms with van der Waals surface area (Å²) in [7, 11) is 0. The molecule has 1 amide bonds. The summed E-state index contributed by atoms with van der Waals surface area (Å²) >= 11 is 0. The average molecular weight is 475 g/mol. The number of pyridine rings is 2. The van der Waals surface area contributed by atoms with Crippen molar-refractivity contribution in [1.29, 1.82) is 0 Å². The molecule has 3 aromatic rings. The predicted octanol–water partition coefficient (Wildman–Crippen LogP) is 1.45. The Bertz CT molecular complexity index is 1310. The summed E-state index contributed by atoms with van der Waals surface area (Å²) in [6.07, 6.45) is 3.50. The zero-order chi connectivity index (χ0) is 23.9. The van der Waals surface area contributed by atoms with Crippen molar-refractivity contribution in [3.63, 3.8) is 0 Å². The highest BCUT2D eigenvalue weighted by Crippen LogP contribution is 2.48. The number of aromatic nitrogens is 2. The highest BCUT2D eigenvalue weighted by molar-refractivity contribution is 5.80. The number of carbonyl (C=O) groups excluding carboxylic acids is 1. The van der Waals surface area contributed by atoms with Gasteiger partial charge in [0.2, 0.25) is 12.7 Å². The molecule has 1 saturated heterocycles. The molecule has 2 aromatic heterocycles. The Balaban J connectivity index is 1.31. The van der Waals surface area contributed by atoms with Gasteiger partial charge < -0.3 is 24.5 Å². The highest BCUT2D eigenvalue weighted by Gasteiger charge is 2.55. The molecule has 4 atom stereocenters. The van der Waals surface area contributed by atoms with Gasteiger partial charge in [-0.3, -0.25) is 19.5 Å². The number of aliphatic hydroxyl groups is 1. The third-order valence-electron chi connectivity index (χ3n) is 7.37. The van der Waals surface area contributed by atoms with Crippen molar-refractivity contribution in [3.05, 3.63) is 88.1 Å². The van der Waals surface area contributed by atoms with Gasteiger partial charge in [-0.05, 0) is 41.5 Å². The molecule has 0 radical (unpaired) electrons. The van der Waals surface area contributed by atoms with Gasteiger partial charge in [-0.25, -0.2) is 0 Å². The number of rotatable bonds is 6. The first kappa shape index (κ1) is 21.8. The van der Waals surface area contributed by atoms with Crippen LogP contribution < -0.4 is 20.3 Å². The number of nitrogens with zero attached hydrogens (tertiary/aromatic N) is 3. The van der Waals surface area contributed by atoms with Crippen LogP contribution in [0.3, 0.4) is 0 Å². The maximum Gasteiger partial charge on any atom is 0.250 e. The van der Waals surface area contributed by atoms with E-state index in [1.54, 1.807) is 29.1 Å². The Labute approximate surface area is 201 Å². The van der Waals surface area contributed by atoms with Crippen LogP contribution in [0.25, 0.3) is 0 Å². The highest BCUT2D eigenvalue weighted by atomic mass is 16.7. The van der Waals surface area contributed by atoms with Crippen molar-refractivity contribution < 1.29 is 19.4 Å². The van der Waals surface area contributed by atoms with Gasteiger partial charge in [-0.1, -0.05) is 12.1 Å². The molecule has 0 aliphatic carbocycles. The fourth-order valence-electron chi connectivity index (χ4n) is 5.75. The lowest BCUT2D eigenvalue weighted by atomic mass is 9.86. The van der Waals surface area contributed by atoms with E-state index in [-0.39, 0.29) is 42.9 Å². The number of benzene rings is 1. The van der Waals surface area contributed by atoms with Gasteiger partial charge >= 0.3 is 0 Å². The largest absolute Gasteiger partial charge is 0.454 e. The average Bonchev–Trinajstić information content (AvgIpc) is 3.42. The van der Waals surface area contributed by atoms with E-state index in [0.717, 1.165) is 16.8 Å². The van der Waals surface area contributed by atoms with E-state index in [0.29, 0.717) is 31.1 Å². The van der Waals surface area contributed by atoms with Crippen LogP contribution in [0.15, 0.2) is 65.7 Å². The lowest BCUT2D eigenvalue weighted by Crippen LogP contribution is -2.45. The molecule has 35 heavy (non-hydrogen) atoms. The standard InChI is InChI=1S/C26H26N4O5/c31-14-18-20-13-29-19(2-1-3-23(29)32)25(30(20)12-16-6-8-27-9-7-16)24(18)26(33)28-11-17-4-5-21-22(10-17)35-15-34-21/h1-10,18,20,24-25,31H,11-15H2,(H,28,33)/t18-,20-,24+,25+/m0/s1. The van der Waals surface area contributed by atoms with Gasteiger partial charge in [0.25, 0.3) is 5.56 Å². The Morgan fingerprint density at radius 1 is 1.09 bits per heavy atom. The SMILES string of the molecule is O=C(NCc1ccc2c(c1)OCO2)[C@@H]1[C@@H](CO)[C@@H]2Cn3c(cccc3=O)[C@H]1N2Cc1ccncc1. The third kappa shape index (κ3) is 3.77. The monoisotopic (exact) mass is 474 g/mol. The minimum absolute atomic E-state index is 0.0841. The van der Waals surface area contributed by atoms with Crippen molar-refractivity contribution in [1.82, 2.24) is 19.8 Å². The molecule has 3 aliphatic rings. The van der Waals surface area contributed by atoms with Crippen molar-refractivity contribution in [2.24, 2.45) is 11.8 Å². The summed E-state index contributed by atoms with van der Waals surface area (Å²) < 4.78 is 12.6. The molecule has 180 valence electrons. The topological polar surface area (TPSA) is 106 Å². The van der Waals surface area contributed by atoms with Crippen LogP contribution in [0.1, 0.15) is 22.9 Å². The lowest BCUT2D eigenvalue weighted by Gasteiger charge is -2.38.